The molecule has 1 aromatic carbocycles. The molecule has 0 spiro atoms. The lowest BCUT2D eigenvalue weighted by Crippen LogP contribution is -2.51. The lowest BCUT2D eigenvalue weighted by Gasteiger charge is -2.31. The molecule has 1 aliphatic rings. The minimum Gasteiger partial charge on any atom is -0.324 e. The number of halogens is 2. The van der Waals surface area contributed by atoms with Crippen LogP contribution in [0.2, 0.25) is 0 Å². The van der Waals surface area contributed by atoms with E-state index in [1.54, 1.807) is 6.07 Å². The van der Waals surface area contributed by atoms with Crippen LogP contribution in [0.4, 0.5) is 10.1 Å². The van der Waals surface area contributed by atoms with Gasteiger partial charge >= 0.3 is 0 Å². The molecule has 1 unspecified atom stereocenters. The molecule has 1 aliphatic heterocycles. The van der Waals surface area contributed by atoms with Gasteiger partial charge in [0.05, 0.1) is 11.7 Å². The maximum absolute atomic E-state index is 13.0. The van der Waals surface area contributed by atoms with Gasteiger partial charge in [-0.2, -0.15) is 0 Å². The fraction of sp³-hybridized carbons (Fsp3) is 0.462. The molecule has 0 bridgehead atoms. The third-order valence-corrected chi connectivity index (χ3v) is 4.16. The monoisotopic (exact) mass is 377 g/mol. The number of nitrogens with zero attached hydrogens (tertiary/aromatic N) is 1. The van der Waals surface area contributed by atoms with Crippen molar-refractivity contribution in [2.24, 2.45) is 0 Å². The zero-order valence-corrected chi connectivity index (χ0v) is 12.9. The van der Waals surface area contributed by atoms with Crippen molar-refractivity contribution in [2.75, 3.05) is 31.5 Å². The van der Waals surface area contributed by atoms with Gasteiger partial charge in [-0.25, -0.2) is 4.39 Å². The van der Waals surface area contributed by atoms with Gasteiger partial charge in [0.2, 0.25) is 5.91 Å². The quantitative estimate of drug-likeness (QED) is 0.788. The second-order valence-corrected chi connectivity index (χ2v) is 5.74. The van der Waals surface area contributed by atoms with Crippen LogP contribution in [0, 0.1) is 9.39 Å². The predicted octanol–water partition coefficient (Wildman–Crippen LogP) is 1.66. The van der Waals surface area contributed by atoms with Crippen LogP contribution < -0.4 is 10.6 Å². The standard InChI is InChI=1S/C13H17FIN3O/c1-9(18-6-4-16-5-7-18)13(19)17-12-3-2-10(14)8-11(12)15/h2-3,8-9,16H,4-7H2,1H3,(H,17,19). The van der Waals surface area contributed by atoms with Gasteiger partial charge in [-0.15, -0.1) is 0 Å². The van der Waals surface area contributed by atoms with Crippen LogP contribution in [-0.4, -0.2) is 43.0 Å². The molecule has 1 heterocycles. The highest BCUT2D eigenvalue weighted by Gasteiger charge is 2.23. The first-order chi connectivity index (χ1) is 9.08. The van der Waals surface area contributed by atoms with E-state index in [2.05, 4.69) is 15.5 Å². The lowest BCUT2D eigenvalue weighted by atomic mass is 10.2. The van der Waals surface area contributed by atoms with Crippen LogP contribution in [0.3, 0.4) is 0 Å². The topological polar surface area (TPSA) is 44.4 Å². The SMILES string of the molecule is CC(C(=O)Nc1ccc(F)cc1I)N1CCNCC1. The van der Waals surface area contributed by atoms with Crippen molar-refractivity contribution >= 4 is 34.2 Å². The Morgan fingerprint density at radius 3 is 2.79 bits per heavy atom. The Balaban J connectivity index is 1.99. The van der Waals surface area contributed by atoms with Gasteiger partial charge in [-0.3, -0.25) is 9.69 Å². The molecule has 1 atom stereocenters. The third kappa shape index (κ3) is 3.87. The number of hydrogen-bond donors (Lipinski definition) is 2. The van der Waals surface area contributed by atoms with Crippen molar-refractivity contribution in [3.63, 3.8) is 0 Å². The number of carbonyl (C=O) groups excluding carboxylic acids is 1. The van der Waals surface area contributed by atoms with Crippen LogP contribution >= 0.6 is 22.6 Å². The van der Waals surface area contributed by atoms with Gasteiger partial charge in [-0.1, -0.05) is 0 Å². The third-order valence-electron chi connectivity index (χ3n) is 3.27. The van der Waals surface area contributed by atoms with Crippen LogP contribution in [0.15, 0.2) is 18.2 Å². The van der Waals surface area contributed by atoms with Gasteiger partial charge < -0.3 is 10.6 Å². The van der Waals surface area contributed by atoms with Gasteiger partial charge in [0.15, 0.2) is 0 Å². The van der Waals surface area contributed by atoms with Crippen molar-refractivity contribution in [3.05, 3.63) is 27.6 Å². The summed E-state index contributed by atoms with van der Waals surface area (Å²) < 4.78 is 13.7. The van der Waals surface area contributed by atoms with E-state index >= 15 is 0 Å². The molecule has 1 amide bonds. The number of nitrogens with one attached hydrogen (secondary N) is 2. The minimum absolute atomic E-state index is 0.0496. The van der Waals surface area contributed by atoms with Crippen LogP contribution in [0.25, 0.3) is 0 Å². The average molecular weight is 377 g/mol. The van der Waals surface area contributed by atoms with E-state index in [0.717, 1.165) is 26.2 Å². The number of rotatable bonds is 3. The van der Waals surface area contributed by atoms with E-state index in [-0.39, 0.29) is 17.8 Å². The summed E-state index contributed by atoms with van der Waals surface area (Å²) in [6, 6.07) is 4.18. The van der Waals surface area contributed by atoms with Gasteiger partial charge in [0.1, 0.15) is 5.82 Å². The van der Waals surface area contributed by atoms with Crippen molar-refractivity contribution in [1.29, 1.82) is 0 Å². The van der Waals surface area contributed by atoms with E-state index in [4.69, 9.17) is 0 Å². The van der Waals surface area contributed by atoms with Gasteiger partial charge in [0.25, 0.3) is 0 Å². The highest BCUT2D eigenvalue weighted by atomic mass is 127. The summed E-state index contributed by atoms with van der Waals surface area (Å²) in [5.41, 5.74) is 0.661. The van der Waals surface area contributed by atoms with Crippen LogP contribution in [0.5, 0.6) is 0 Å². The molecule has 6 heteroatoms. The molecule has 2 N–H and O–H groups in total. The Hall–Kier alpha value is -0.730. The Morgan fingerprint density at radius 1 is 1.47 bits per heavy atom. The number of benzene rings is 1. The number of carbonyl (C=O) groups is 1. The summed E-state index contributed by atoms with van der Waals surface area (Å²) in [7, 11) is 0. The second-order valence-electron chi connectivity index (χ2n) is 4.58. The van der Waals surface area contributed by atoms with Crippen molar-refractivity contribution in [3.8, 4) is 0 Å². The lowest BCUT2D eigenvalue weighted by molar-refractivity contribution is -0.120. The molecule has 0 saturated carbocycles. The summed E-state index contributed by atoms with van der Waals surface area (Å²) in [6.07, 6.45) is 0. The number of hydrogen-bond acceptors (Lipinski definition) is 3. The first-order valence-corrected chi connectivity index (χ1v) is 7.36. The maximum atomic E-state index is 13.0. The normalized spacial score (nSPS) is 18.1. The number of piperazine rings is 1. The Kier molecular flexibility index (Phi) is 5.12. The second kappa shape index (κ2) is 6.62. The van der Waals surface area contributed by atoms with Crippen LogP contribution in [-0.2, 0) is 4.79 Å². The summed E-state index contributed by atoms with van der Waals surface area (Å²) >= 11 is 2.02. The van der Waals surface area contributed by atoms with Crippen molar-refractivity contribution in [2.45, 2.75) is 13.0 Å². The smallest absolute Gasteiger partial charge is 0.241 e. The fourth-order valence-electron chi connectivity index (χ4n) is 2.06. The predicted molar refractivity (Wildman–Crippen MR) is 81.7 cm³/mol. The summed E-state index contributed by atoms with van der Waals surface area (Å²) in [6.45, 7) is 5.46. The van der Waals surface area contributed by atoms with E-state index in [9.17, 15) is 9.18 Å². The molecule has 4 nitrogen and oxygen atoms in total. The first-order valence-electron chi connectivity index (χ1n) is 6.28. The zero-order valence-electron chi connectivity index (χ0n) is 10.7. The Morgan fingerprint density at radius 2 is 2.16 bits per heavy atom. The summed E-state index contributed by atoms with van der Waals surface area (Å²) in [4.78, 5) is 14.3. The zero-order chi connectivity index (χ0) is 13.8. The summed E-state index contributed by atoms with van der Waals surface area (Å²) in [5.74, 6) is -0.344. The van der Waals surface area contributed by atoms with E-state index < -0.39 is 0 Å². The van der Waals surface area contributed by atoms with E-state index in [1.165, 1.54) is 12.1 Å². The highest BCUT2D eigenvalue weighted by molar-refractivity contribution is 14.1. The molecule has 104 valence electrons. The van der Waals surface area contributed by atoms with E-state index in [0.29, 0.717) is 9.26 Å². The Bertz CT molecular complexity index is 463. The highest BCUT2D eigenvalue weighted by Crippen LogP contribution is 2.19. The van der Waals surface area contributed by atoms with Gasteiger partial charge in [-0.05, 0) is 47.7 Å². The van der Waals surface area contributed by atoms with Crippen molar-refractivity contribution < 1.29 is 9.18 Å². The molecule has 2 rings (SSSR count). The fourth-order valence-corrected chi connectivity index (χ4v) is 2.68. The molecular formula is C13H17FIN3O. The van der Waals surface area contributed by atoms with Crippen molar-refractivity contribution in [1.82, 2.24) is 10.2 Å². The molecule has 1 saturated heterocycles. The molecular weight excluding hydrogens is 360 g/mol. The Labute approximate surface area is 125 Å². The molecule has 0 aromatic heterocycles. The largest absolute Gasteiger partial charge is 0.324 e. The maximum Gasteiger partial charge on any atom is 0.241 e. The van der Waals surface area contributed by atoms with Crippen LogP contribution in [0.1, 0.15) is 6.92 Å². The number of amides is 1. The molecule has 1 aromatic rings. The molecule has 0 radical (unpaired) electrons. The molecule has 1 fully saturated rings. The average Bonchev–Trinajstić information content (AvgIpc) is 2.42. The molecule has 0 aliphatic carbocycles. The van der Waals surface area contributed by atoms with E-state index in [1.807, 2.05) is 29.5 Å². The van der Waals surface area contributed by atoms with Gasteiger partial charge in [0, 0.05) is 29.7 Å². The number of anilines is 1. The minimum atomic E-state index is -0.294. The molecule has 19 heavy (non-hydrogen) atoms. The first kappa shape index (κ1) is 14.7. The summed E-state index contributed by atoms with van der Waals surface area (Å²) in [5, 5.41) is 6.12.